The zero-order valence-corrected chi connectivity index (χ0v) is 7.28. The Kier molecular flexibility index (Phi) is 89.6. The van der Waals surface area contributed by atoms with Gasteiger partial charge in [0.2, 0.25) is 0 Å². The standard InChI is InChI=1S/C3H8.2C3H6/c3*1-3-2/h3H2,1-2H3;2*3H,1H2,2H3. The van der Waals surface area contributed by atoms with Gasteiger partial charge in [-0.2, -0.15) is 0 Å². The largest absolute Gasteiger partial charge is 0.103 e. The second-order valence-corrected chi connectivity index (χ2v) is 1.52. The molecule has 0 aliphatic rings. The molecule has 0 saturated carbocycles. The summed E-state index contributed by atoms with van der Waals surface area (Å²) in [6, 6.07) is 0. The van der Waals surface area contributed by atoms with Gasteiger partial charge in [-0.25, -0.2) is 0 Å². The lowest BCUT2D eigenvalue weighted by Crippen LogP contribution is -1.27. The highest BCUT2D eigenvalue weighted by Gasteiger charge is 1.35. The van der Waals surface area contributed by atoms with Gasteiger partial charge in [0.1, 0.15) is 0 Å². The zero-order valence-electron chi connectivity index (χ0n) is 7.28. The number of hydrogen-bond donors (Lipinski definition) is 0. The molecule has 0 nitrogen and oxygen atoms in total. The SMILES string of the molecule is C=CC.C=CC.CCC. The molecule has 0 aromatic carbocycles. The smallest absolute Gasteiger partial charge is 0.0473 e. The first-order chi connectivity index (χ1) is 4.24. The van der Waals surface area contributed by atoms with Crippen molar-refractivity contribution in [3.05, 3.63) is 25.3 Å². The fourth-order valence-corrected chi connectivity index (χ4v) is 0. The molecule has 0 spiro atoms. The van der Waals surface area contributed by atoms with Gasteiger partial charge in [-0.15, -0.1) is 13.2 Å². The predicted octanol–water partition coefficient (Wildman–Crippen LogP) is 3.80. The Hall–Kier alpha value is -0.520. The summed E-state index contributed by atoms with van der Waals surface area (Å²) in [6.45, 7) is 14.8. The van der Waals surface area contributed by atoms with Crippen LogP contribution in [0.3, 0.4) is 0 Å². The molecular weight excluding hydrogens is 108 g/mol. The average molecular weight is 128 g/mol. The maximum Gasteiger partial charge on any atom is -0.0473 e. The normalized spacial score (nSPS) is 4.89. The summed E-state index contributed by atoms with van der Waals surface area (Å²) < 4.78 is 0. The molecule has 0 amide bonds. The van der Waals surface area contributed by atoms with Crippen LogP contribution in [0.15, 0.2) is 25.3 Å². The van der Waals surface area contributed by atoms with E-state index in [0.717, 1.165) is 0 Å². The third-order valence-electron chi connectivity index (χ3n) is 0. The molecule has 56 valence electrons. The van der Waals surface area contributed by atoms with Crippen LogP contribution in [0.4, 0.5) is 0 Å². The second kappa shape index (κ2) is 51.1. The van der Waals surface area contributed by atoms with Gasteiger partial charge in [-0.1, -0.05) is 32.4 Å². The Bertz CT molecular complexity index is 29.3. The maximum absolute atomic E-state index is 3.36. The van der Waals surface area contributed by atoms with E-state index in [4.69, 9.17) is 0 Å². The van der Waals surface area contributed by atoms with E-state index >= 15 is 0 Å². The minimum absolute atomic E-state index is 1.25. The summed E-state index contributed by atoms with van der Waals surface area (Å²) in [6.07, 6.45) is 4.75. The molecule has 0 N–H and O–H groups in total. The first-order valence-electron chi connectivity index (χ1n) is 3.39. The topological polar surface area (TPSA) is 0 Å². The van der Waals surface area contributed by atoms with Crippen molar-refractivity contribution in [2.75, 3.05) is 0 Å². The molecule has 0 rings (SSSR count). The van der Waals surface area contributed by atoms with Crippen molar-refractivity contribution in [1.29, 1.82) is 0 Å². The number of hydrogen-bond acceptors (Lipinski definition) is 0. The Morgan fingerprint density at radius 1 is 1.00 bits per heavy atom. The molecule has 0 saturated heterocycles. The van der Waals surface area contributed by atoms with Crippen LogP contribution < -0.4 is 0 Å². The number of rotatable bonds is 0. The van der Waals surface area contributed by atoms with E-state index in [9.17, 15) is 0 Å². The van der Waals surface area contributed by atoms with Gasteiger partial charge < -0.3 is 0 Å². The molecule has 0 aliphatic heterocycles. The highest BCUT2D eigenvalue weighted by Crippen LogP contribution is 1.56. The highest BCUT2D eigenvalue weighted by molar-refractivity contribution is 4.51. The summed E-state index contributed by atoms with van der Waals surface area (Å²) >= 11 is 0. The van der Waals surface area contributed by atoms with Gasteiger partial charge in [0, 0.05) is 0 Å². The van der Waals surface area contributed by atoms with Crippen molar-refractivity contribution in [2.24, 2.45) is 0 Å². The van der Waals surface area contributed by atoms with Crippen molar-refractivity contribution < 1.29 is 0 Å². The monoisotopic (exact) mass is 128 g/mol. The Balaban J connectivity index is -0.0000000600. The van der Waals surface area contributed by atoms with Crippen LogP contribution in [-0.2, 0) is 0 Å². The molecular formula is C9H20. The molecule has 0 aromatic heterocycles. The van der Waals surface area contributed by atoms with Crippen molar-refractivity contribution in [3.8, 4) is 0 Å². The highest BCUT2D eigenvalue weighted by atomic mass is 13.4. The van der Waals surface area contributed by atoms with Crippen molar-refractivity contribution in [3.63, 3.8) is 0 Å². The first-order valence-corrected chi connectivity index (χ1v) is 3.39. The van der Waals surface area contributed by atoms with Crippen LogP contribution in [0.25, 0.3) is 0 Å². The third kappa shape index (κ3) is 831. The van der Waals surface area contributed by atoms with Crippen LogP contribution in [0.5, 0.6) is 0 Å². The molecule has 9 heavy (non-hydrogen) atoms. The van der Waals surface area contributed by atoms with E-state index in [0.29, 0.717) is 0 Å². The van der Waals surface area contributed by atoms with Crippen molar-refractivity contribution >= 4 is 0 Å². The van der Waals surface area contributed by atoms with E-state index in [1.54, 1.807) is 12.2 Å². The van der Waals surface area contributed by atoms with Gasteiger partial charge in [0.15, 0.2) is 0 Å². The summed E-state index contributed by atoms with van der Waals surface area (Å²) in [5.41, 5.74) is 0. The fourth-order valence-electron chi connectivity index (χ4n) is 0. The first kappa shape index (κ1) is 15.8. The predicted molar refractivity (Wildman–Crippen MR) is 47.7 cm³/mol. The van der Waals surface area contributed by atoms with Gasteiger partial charge in [0.25, 0.3) is 0 Å². The van der Waals surface area contributed by atoms with Crippen LogP contribution in [-0.4, -0.2) is 0 Å². The van der Waals surface area contributed by atoms with E-state index in [1.807, 2.05) is 13.8 Å². The van der Waals surface area contributed by atoms with Crippen molar-refractivity contribution in [1.82, 2.24) is 0 Å². The molecule has 0 radical (unpaired) electrons. The minimum Gasteiger partial charge on any atom is -0.103 e. The van der Waals surface area contributed by atoms with Crippen LogP contribution in [0, 0.1) is 0 Å². The van der Waals surface area contributed by atoms with E-state index in [-0.39, 0.29) is 0 Å². The van der Waals surface area contributed by atoms with Crippen LogP contribution in [0.1, 0.15) is 34.1 Å². The maximum atomic E-state index is 3.36. The Labute approximate surface area is 60.3 Å². The summed E-state index contributed by atoms with van der Waals surface area (Å²) in [5, 5.41) is 0. The Morgan fingerprint density at radius 2 is 1.00 bits per heavy atom. The molecule has 0 heterocycles. The van der Waals surface area contributed by atoms with Crippen LogP contribution in [0.2, 0.25) is 0 Å². The van der Waals surface area contributed by atoms with E-state index in [1.165, 1.54) is 6.42 Å². The van der Waals surface area contributed by atoms with E-state index in [2.05, 4.69) is 27.0 Å². The lowest BCUT2D eigenvalue weighted by molar-refractivity contribution is 1.09. The molecule has 0 heteroatoms. The molecule has 0 bridgehead atoms. The molecule has 0 fully saturated rings. The fraction of sp³-hybridized carbons (Fsp3) is 0.556. The lowest BCUT2D eigenvalue weighted by atomic mass is 10.6. The van der Waals surface area contributed by atoms with Gasteiger partial charge in [-0.05, 0) is 13.8 Å². The molecule has 0 aliphatic carbocycles. The Morgan fingerprint density at radius 3 is 1.00 bits per heavy atom. The van der Waals surface area contributed by atoms with Crippen molar-refractivity contribution in [2.45, 2.75) is 34.1 Å². The quantitative estimate of drug-likeness (QED) is 0.435. The zero-order chi connectivity index (χ0) is 8.12. The third-order valence-corrected chi connectivity index (χ3v) is 0. The summed E-state index contributed by atoms with van der Waals surface area (Å²) in [7, 11) is 0. The molecule has 0 atom stereocenters. The lowest BCUT2D eigenvalue weighted by Gasteiger charge is -1.48. The number of allylic oxidation sites excluding steroid dienone is 2. The molecule has 0 unspecified atom stereocenters. The summed E-state index contributed by atoms with van der Waals surface area (Å²) in [5.74, 6) is 0. The average Bonchev–Trinajstić information content (AvgIpc) is 1.70. The molecule has 0 aromatic rings. The minimum atomic E-state index is 1.25. The van der Waals surface area contributed by atoms with Crippen LogP contribution >= 0.6 is 0 Å². The summed E-state index contributed by atoms with van der Waals surface area (Å²) in [4.78, 5) is 0. The van der Waals surface area contributed by atoms with Gasteiger partial charge in [-0.3, -0.25) is 0 Å². The van der Waals surface area contributed by atoms with Gasteiger partial charge in [0.05, 0.1) is 0 Å². The van der Waals surface area contributed by atoms with E-state index < -0.39 is 0 Å². The van der Waals surface area contributed by atoms with Gasteiger partial charge >= 0.3 is 0 Å². The second-order valence-electron chi connectivity index (χ2n) is 1.52.